The van der Waals surface area contributed by atoms with E-state index in [0.717, 1.165) is 35.6 Å². The largest absolute Gasteiger partial charge is 0.363 e. The lowest BCUT2D eigenvalue weighted by atomic mass is 9.91. The molecule has 0 aliphatic rings. The summed E-state index contributed by atoms with van der Waals surface area (Å²) in [5.74, 6) is 0. The number of hydrogen-bond acceptors (Lipinski definition) is 6. The fourth-order valence-corrected chi connectivity index (χ4v) is 4.28. The van der Waals surface area contributed by atoms with Gasteiger partial charge >= 0.3 is 0 Å². The Hall–Kier alpha value is -3.42. The van der Waals surface area contributed by atoms with E-state index in [0.29, 0.717) is 13.2 Å². The topological polar surface area (TPSA) is 50.7 Å². The van der Waals surface area contributed by atoms with Crippen LogP contribution < -0.4 is 0 Å². The Labute approximate surface area is 240 Å². The third-order valence-corrected chi connectivity index (χ3v) is 6.82. The second-order valence-corrected chi connectivity index (χ2v) is 10.5. The summed E-state index contributed by atoms with van der Waals surface area (Å²) >= 11 is 0. The van der Waals surface area contributed by atoms with E-state index in [1.54, 1.807) is 0 Å². The monoisotopic (exact) mass is 540 g/mol. The summed E-state index contributed by atoms with van der Waals surface area (Å²) in [7, 11) is 8.18. The fourth-order valence-electron chi connectivity index (χ4n) is 4.28. The lowest BCUT2D eigenvalue weighted by Crippen LogP contribution is -2.32. The number of benzene rings is 2. The first kappa shape index (κ1) is 31.1. The van der Waals surface area contributed by atoms with Gasteiger partial charge < -0.3 is 19.3 Å². The molecule has 0 N–H and O–H groups in total. The van der Waals surface area contributed by atoms with E-state index >= 15 is 0 Å². The SMILES string of the molecule is CN(C)CCOC(C)(c1ccccc1)c1ccccn1.CN(C)CCOC(C)(c1ccccc1)c1ccccn1. The van der Waals surface area contributed by atoms with Crippen LogP contribution in [0.5, 0.6) is 0 Å². The minimum atomic E-state index is -0.515. The molecule has 2 unspecified atom stereocenters. The number of likely N-dealkylation sites (N-methyl/N-ethyl adjacent to an activating group) is 2. The van der Waals surface area contributed by atoms with Crippen molar-refractivity contribution in [2.75, 3.05) is 54.5 Å². The molecule has 212 valence electrons. The van der Waals surface area contributed by atoms with Gasteiger partial charge in [0.2, 0.25) is 0 Å². The summed E-state index contributed by atoms with van der Waals surface area (Å²) in [5, 5.41) is 0. The quantitative estimate of drug-likeness (QED) is 0.225. The van der Waals surface area contributed by atoms with E-state index in [4.69, 9.17) is 9.47 Å². The summed E-state index contributed by atoms with van der Waals surface area (Å²) in [6.07, 6.45) is 3.62. The van der Waals surface area contributed by atoms with Gasteiger partial charge in [0, 0.05) is 25.5 Å². The summed E-state index contributed by atoms with van der Waals surface area (Å²) in [6.45, 7) is 7.26. The van der Waals surface area contributed by atoms with Crippen molar-refractivity contribution in [1.82, 2.24) is 19.8 Å². The molecule has 2 aromatic heterocycles. The average molecular weight is 541 g/mol. The van der Waals surface area contributed by atoms with Gasteiger partial charge in [-0.05, 0) is 77.4 Å². The molecule has 0 bridgehead atoms. The van der Waals surface area contributed by atoms with Crippen LogP contribution in [0.15, 0.2) is 109 Å². The van der Waals surface area contributed by atoms with Crippen molar-refractivity contribution in [2.45, 2.75) is 25.0 Å². The molecule has 0 aliphatic heterocycles. The Morgan fingerprint density at radius 1 is 0.525 bits per heavy atom. The van der Waals surface area contributed by atoms with E-state index in [1.807, 2.05) is 113 Å². The van der Waals surface area contributed by atoms with Gasteiger partial charge in [-0.15, -0.1) is 0 Å². The third-order valence-electron chi connectivity index (χ3n) is 6.82. The molecule has 6 nitrogen and oxygen atoms in total. The normalized spacial score (nSPS) is 14.2. The molecule has 0 saturated heterocycles. The molecular formula is C34H44N4O2. The van der Waals surface area contributed by atoms with E-state index in [-0.39, 0.29) is 0 Å². The summed E-state index contributed by atoms with van der Waals surface area (Å²) in [4.78, 5) is 13.2. The highest BCUT2D eigenvalue weighted by molar-refractivity contribution is 5.32. The summed E-state index contributed by atoms with van der Waals surface area (Å²) in [5.41, 5.74) is 3.08. The van der Waals surface area contributed by atoms with E-state index in [2.05, 4.69) is 57.9 Å². The molecule has 0 aliphatic carbocycles. The zero-order valence-electron chi connectivity index (χ0n) is 24.8. The maximum absolute atomic E-state index is 6.21. The molecule has 2 atom stereocenters. The molecule has 0 amide bonds. The standard InChI is InChI=1S/2C17H22N2O/c2*1-17(20-14-13-19(2)3,15-9-5-4-6-10-15)16-11-7-8-12-18-16/h2*4-12H,13-14H2,1-3H3. The zero-order valence-corrected chi connectivity index (χ0v) is 24.8. The minimum Gasteiger partial charge on any atom is -0.363 e. The zero-order chi connectivity index (χ0) is 28.8. The molecule has 40 heavy (non-hydrogen) atoms. The first-order valence-electron chi connectivity index (χ1n) is 13.8. The molecule has 4 rings (SSSR count). The second-order valence-electron chi connectivity index (χ2n) is 10.5. The van der Waals surface area contributed by atoms with Gasteiger partial charge in [-0.2, -0.15) is 0 Å². The Bertz CT molecular complexity index is 1040. The number of aromatic nitrogens is 2. The number of rotatable bonds is 12. The highest BCUT2D eigenvalue weighted by Crippen LogP contribution is 2.32. The second kappa shape index (κ2) is 15.4. The van der Waals surface area contributed by atoms with Gasteiger partial charge in [-0.1, -0.05) is 72.8 Å². The molecule has 0 spiro atoms. The van der Waals surface area contributed by atoms with Gasteiger partial charge in [-0.3, -0.25) is 9.97 Å². The van der Waals surface area contributed by atoms with Gasteiger partial charge in [0.05, 0.1) is 24.6 Å². The maximum Gasteiger partial charge on any atom is 0.132 e. The van der Waals surface area contributed by atoms with Crippen molar-refractivity contribution in [1.29, 1.82) is 0 Å². The lowest BCUT2D eigenvalue weighted by molar-refractivity contribution is -0.0132. The smallest absolute Gasteiger partial charge is 0.132 e. The Morgan fingerprint density at radius 2 is 0.875 bits per heavy atom. The van der Waals surface area contributed by atoms with Crippen LogP contribution in [-0.4, -0.2) is 74.3 Å². The van der Waals surface area contributed by atoms with Crippen molar-refractivity contribution >= 4 is 0 Å². The van der Waals surface area contributed by atoms with Gasteiger partial charge in [0.15, 0.2) is 0 Å². The fraction of sp³-hybridized carbons (Fsp3) is 0.353. The van der Waals surface area contributed by atoms with Crippen molar-refractivity contribution < 1.29 is 9.47 Å². The van der Waals surface area contributed by atoms with Crippen LogP contribution in [0.25, 0.3) is 0 Å². The van der Waals surface area contributed by atoms with Crippen LogP contribution in [0, 0.1) is 0 Å². The van der Waals surface area contributed by atoms with Crippen molar-refractivity contribution in [3.05, 3.63) is 132 Å². The minimum absolute atomic E-state index is 0.515. The van der Waals surface area contributed by atoms with Gasteiger partial charge in [0.25, 0.3) is 0 Å². The van der Waals surface area contributed by atoms with E-state index in [9.17, 15) is 0 Å². The predicted octanol–water partition coefficient (Wildman–Crippen LogP) is 5.85. The molecule has 2 heterocycles. The molecular weight excluding hydrogens is 496 g/mol. The average Bonchev–Trinajstić information content (AvgIpc) is 2.99. The van der Waals surface area contributed by atoms with Crippen LogP contribution in [0.4, 0.5) is 0 Å². The van der Waals surface area contributed by atoms with Crippen LogP contribution >= 0.6 is 0 Å². The van der Waals surface area contributed by atoms with Gasteiger partial charge in [0.1, 0.15) is 11.2 Å². The molecule has 6 heteroatoms. The highest BCUT2D eigenvalue weighted by atomic mass is 16.5. The molecule has 2 aromatic carbocycles. The summed E-state index contributed by atoms with van der Waals surface area (Å²) < 4.78 is 12.4. The van der Waals surface area contributed by atoms with Crippen molar-refractivity contribution in [3.63, 3.8) is 0 Å². The maximum atomic E-state index is 6.21. The van der Waals surface area contributed by atoms with Crippen molar-refractivity contribution in [3.8, 4) is 0 Å². The first-order chi connectivity index (χ1) is 19.3. The molecule has 0 saturated carbocycles. The number of hydrogen-bond donors (Lipinski definition) is 0. The lowest BCUT2D eigenvalue weighted by Gasteiger charge is -2.30. The van der Waals surface area contributed by atoms with Crippen LogP contribution in [0.3, 0.4) is 0 Å². The Kier molecular flexibility index (Phi) is 12.0. The van der Waals surface area contributed by atoms with Crippen LogP contribution in [0.1, 0.15) is 36.4 Å². The predicted molar refractivity (Wildman–Crippen MR) is 163 cm³/mol. The summed E-state index contributed by atoms with van der Waals surface area (Å²) in [6, 6.07) is 32.4. The van der Waals surface area contributed by atoms with E-state index < -0.39 is 11.2 Å². The Morgan fingerprint density at radius 3 is 1.18 bits per heavy atom. The first-order valence-corrected chi connectivity index (χ1v) is 13.8. The molecule has 4 aromatic rings. The van der Waals surface area contributed by atoms with Crippen LogP contribution in [0.2, 0.25) is 0 Å². The van der Waals surface area contributed by atoms with Gasteiger partial charge in [-0.25, -0.2) is 0 Å². The van der Waals surface area contributed by atoms with Crippen LogP contribution in [-0.2, 0) is 20.7 Å². The van der Waals surface area contributed by atoms with E-state index in [1.165, 1.54) is 0 Å². The number of pyridine rings is 2. The molecule has 0 radical (unpaired) electrons. The highest BCUT2D eigenvalue weighted by Gasteiger charge is 2.32. The molecule has 0 fully saturated rings. The third kappa shape index (κ3) is 8.80. The number of ether oxygens (including phenoxy) is 2. The number of nitrogens with zero attached hydrogens (tertiary/aromatic N) is 4. The Balaban J connectivity index is 0.000000220. The van der Waals surface area contributed by atoms with Crippen molar-refractivity contribution in [2.24, 2.45) is 0 Å².